The van der Waals surface area contributed by atoms with Gasteiger partial charge in [-0.2, -0.15) is 0 Å². The number of benzene rings is 2. The number of carbonyl (C=O) groups excluding carboxylic acids is 1. The summed E-state index contributed by atoms with van der Waals surface area (Å²) in [6.07, 6.45) is 5.03. The number of aromatic amines is 1. The van der Waals surface area contributed by atoms with Crippen LogP contribution in [0.25, 0.3) is 16.2 Å². The third-order valence-electron chi connectivity index (χ3n) is 7.87. The quantitative estimate of drug-likeness (QED) is 0.386. The lowest BCUT2D eigenvalue weighted by Crippen LogP contribution is -2.45. The number of methoxy groups -OCH3 is 1. The first-order valence-electron chi connectivity index (χ1n) is 13.0. The Morgan fingerprint density at radius 3 is 2.56 bits per heavy atom. The van der Waals surface area contributed by atoms with Gasteiger partial charge in [-0.15, -0.1) is 0 Å². The predicted molar refractivity (Wildman–Crippen MR) is 149 cm³/mol. The maximum atomic E-state index is 14.6. The zero-order valence-corrected chi connectivity index (χ0v) is 22.6. The minimum atomic E-state index is -0.503. The number of rotatable bonds is 7. The zero-order chi connectivity index (χ0) is 27.7. The highest BCUT2D eigenvalue weighted by atomic mass is 35.5. The Labute approximate surface area is 231 Å². The van der Waals surface area contributed by atoms with Crippen molar-refractivity contribution in [3.05, 3.63) is 87.1 Å². The van der Waals surface area contributed by atoms with Gasteiger partial charge < -0.3 is 25.0 Å². The number of hydrogen-bond donors (Lipinski definition) is 3. The molecule has 3 N–H and O–H groups in total. The first-order valence-corrected chi connectivity index (χ1v) is 13.4. The van der Waals surface area contributed by atoms with E-state index in [2.05, 4.69) is 10.3 Å². The number of aromatic hydroxyl groups is 1. The van der Waals surface area contributed by atoms with Crippen molar-refractivity contribution in [3.63, 3.8) is 0 Å². The van der Waals surface area contributed by atoms with E-state index in [1.54, 1.807) is 13.3 Å². The van der Waals surface area contributed by atoms with E-state index in [9.17, 15) is 19.1 Å². The van der Waals surface area contributed by atoms with Crippen LogP contribution in [0.1, 0.15) is 42.4 Å². The summed E-state index contributed by atoms with van der Waals surface area (Å²) in [4.78, 5) is 30.5. The van der Waals surface area contributed by atoms with Crippen LogP contribution in [0.5, 0.6) is 11.5 Å². The van der Waals surface area contributed by atoms with Gasteiger partial charge in [-0.3, -0.25) is 9.59 Å². The number of H-pyrrole nitrogens is 1. The summed E-state index contributed by atoms with van der Waals surface area (Å²) in [6, 6.07) is 11.7. The van der Waals surface area contributed by atoms with Crippen LogP contribution in [0.15, 0.2) is 59.0 Å². The number of hydrogen-bond acceptors (Lipinski definition) is 5. The standard InChI is InChI=1S/C30H31ClFN3O4/c1-33-20-4-6-21(7-5-20)35(30(38)23-15-22-24(32)8-9-25(36)28(22)29(23)31)16-19-13-17(3-10-26(19)39-2)18-11-12-34-27(37)14-18/h3,8-14,20-21,33,36H,4-7,15-16H2,1-2H3,(H,34,37). The van der Waals surface area contributed by atoms with Crippen molar-refractivity contribution in [2.45, 2.75) is 50.7 Å². The molecule has 1 saturated carbocycles. The number of carbonyl (C=O) groups is 1. The van der Waals surface area contributed by atoms with Gasteiger partial charge >= 0.3 is 0 Å². The first kappa shape index (κ1) is 27.0. The zero-order valence-electron chi connectivity index (χ0n) is 21.9. The number of aromatic nitrogens is 1. The maximum absolute atomic E-state index is 14.6. The smallest absolute Gasteiger partial charge is 0.252 e. The Hall–Kier alpha value is -3.62. The summed E-state index contributed by atoms with van der Waals surface area (Å²) < 4.78 is 20.3. The van der Waals surface area contributed by atoms with E-state index in [-0.39, 0.29) is 58.0 Å². The van der Waals surface area contributed by atoms with Gasteiger partial charge in [-0.05, 0) is 74.2 Å². The van der Waals surface area contributed by atoms with Crippen molar-refractivity contribution in [2.24, 2.45) is 0 Å². The third-order valence-corrected chi connectivity index (χ3v) is 8.28. The largest absolute Gasteiger partial charge is 0.507 e. The second kappa shape index (κ2) is 11.2. The number of nitrogens with zero attached hydrogens (tertiary/aromatic N) is 1. The second-order valence-corrected chi connectivity index (χ2v) is 10.5. The molecule has 0 spiro atoms. The molecule has 0 unspecified atom stereocenters. The van der Waals surface area contributed by atoms with E-state index in [4.69, 9.17) is 16.3 Å². The molecule has 0 atom stereocenters. The van der Waals surface area contributed by atoms with Gasteiger partial charge in [0, 0.05) is 59.6 Å². The van der Waals surface area contributed by atoms with Crippen LogP contribution in [-0.2, 0) is 17.8 Å². The van der Waals surface area contributed by atoms with Crippen molar-refractivity contribution >= 4 is 22.5 Å². The second-order valence-electron chi connectivity index (χ2n) is 10.1. The summed E-state index contributed by atoms with van der Waals surface area (Å²) in [5.74, 6) is -0.320. The van der Waals surface area contributed by atoms with Crippen LogP contribution in [0, 0.1) is 5.82 Å². The molecule has 0 radical (unpaired) electrons. The van der Waals surface area contributed by atoms with Gasteiger partial charge in [0.1, 0.15) is 17.3 Å². The number of nitrogens with one attached hydrogen (secondary N) is 2. The van der Waals surface area contributed by atoms with Crippen molar-refractivity contribution in [1.29, 1.82) is 0 Å². The fourth-order valence-electron chi connectivity index (χ4n) is 5.71. The van der Waals surface area contributed by atoms with Crippen LogP contribution in [0.3, 0.4) is 0 Å². The number of pyridine rings is 1. The summed E-state index contributed by atoms with van der Waals surface area (Å²) in [5.41, 5.74) is 2.83. The molecule has 5 rings (SSSR count). The van der Waals surface area contributed by atoms with Crippen LogP contribution in [0.2, 0.25) is 0 Å². The van der Waals surface area contributed by atoms with Crippen LogP contribution >= 0.6 is 11.6 Å². The summed E-state index contributed by atoms with van der Waals surface area (Å²) in [7, 11) is 3.52. The number of ether oxygens (including phenoxy) is 1. The molecule has 0 aliphatic heterocycles. The van der Waals surface area contributed by atoms with E-state index in [0.717, 1.165) is 42.4 Å². The van der Waals surface area contributed by atoms with Crippen LogP contribution in [-0.4, -0.2) is 47.1 Å². The van der Waals surface area contributed by atoms with Crippen LogP contribution in [0.4, 0.5) is 4.39 Å². The number of amides is 1. The number of phenolic OH excluding ortho intramolecular Hbond substituents is 1. The van der Waals surface area contributed by atoms with Crippen molar-refractivity contribution in [2.75, 3.05) is 14.2 Å². The minimum Gasteiger partial charge on any atom is -0.507 e. The molecule has 0 bridgehead atoms. The van der Waals surface area contributed by atoms with Crippen molar-refractivity contribution in [1.82, 2.24) is 15.2 Å². The highest BCUT2D eigenvalue weighted by molar-refractivity contribution is 6.52. The number of phenols is 1. The molecule has 1 aromatic heterocycles. The van der Waals surface area contributed by atoms with Crippen molar-refractivity contribution in [3.8, 4) is 22.6 Å². The summed E-state index contributed by atoms with van der Waals surface area (Å²) in [6.45, 7) is 0.242. The van der Waals surface area contributed by atoms with E-state index in [0.29, 0.717) is 11.8 Å². The molecule has 2 aliphatic rings. The molecule has 1 amide bonds. The van der Waals surface area contributed by atoms with Crippen molar-refractivity contribution < 1.29 is 19.0 Å². The van der Waals surface area contributed by atoms with Gasteiger partial charge in [0.15, 0.2) is 0 Å². The molecule has 2 aliphatic carbocycles. The Bertz CT molecular complexity index is 1490. The SMILES string of the molecule is CNC1CCC(N(Cc2cc(-c3cc[nH]c(=O)c3)ccc2OC)C(=O)C2=C(Cl)c3c(O)ccc(F)c3C2)CC1. The van der Waals surface area contributed by atoms with Gasteiger partial charge in [-0.1, -0.05) is 17.7 Å². The number of fused-ring (bicyclic) bond motifs is 1. The van der Waals surface area contributed by atoms with Gasteiger partial charge in [0.2, 0.25) is 5.56 Å². The fraction of sp³-hybridized carbons (Fsp3) is 0.333. The molecule has 7 nitrogen and oxygen atoms in total. The predicted octanol–water partition coefficient (Wildman–Crippen LogP) is 4.96. The monoisotopic (exact) mass is 551 g/mol. The fourth-order valence-corrected chi connectivity index (χ4v) is 6.07. The molecule has 204 valence electrons. The maximum Gasteiger partial charge on any atom is 0.252 e. The molecular formula is C30H31ClFN3O4. The molecule has 0 saturated heterocycles. The first-order chi connectivity index (χ1) is 18.8. The molecule has 3 aromatic rings. The summed E-state index contributed by atoms with van der Waals surface area (Å²) >= 11 is 6.63. The van der Waals surface area contributed by atoms with Gasteiger partial charge in [0.05, 0.1) is 12.1 Å². The van der Waals surface area contributed by atoms with E-state index < -0.39 is 5.82 Å². The third kappa shape index (κ3) is 5.31. The average Bonchev–Trinajstić information content (AvgIpc) is 3.31. The van der Waals surface area contributed by atoms with Gasteiger partial charge in [-0.25, -0.2) is 4.39 Å². The normalized spacial score (nSPS) is 18.7. The summed E-state index contributed by atoms with van der Waals surface area (Å²) in [5, 5.41) is 13.8. The van der Waals surface area contributed by atoms with Gasteiger partial charge in [0.25, 0.3) is 5.91 Å². The number of halogens is 2. The average molecular weight is 552 g/mol. The van der Waals surface area contributed by atoms with E-state index in [1.165, 1.54) is 18.2 Å². The lowest BCUT2D eigenvalue weighted by atomic mass is 9.89. The molecule has 39 heavy (non-hydrogen) atoms. The highest BCUT2D eigenvalue weighted by Crippen LogP contribution is 2.43. The lowest BCUT2D eigenvalue weighted by Gasteiger charge is -2.37. The Morgan fingerprint density at radius 1 is 1.15 bits per heavy atom. The Kier molecular flexibility index (Phi) is 7.77. The molecule has 2 aromatic carbocycles. The van der Waals surface area contributed by atoms with E-state index in [1.807, 2.05) is 36.2 Å². The molecule has 1 heterocycles. The molecule has 1 fully saturated rings. The highest BCUT2D eigenvalue weighted by Gasteiger charge is 2.36. The minimum absolute atomic E-state index is 0.0135. The Balaban J connectivity index is 1.53. The Morgan fingerprint density at radius 2 is 1.90 bits per heavy atom. The topological polar surface area (TPSA) is 94.7 Å². The van der Waals surface area contributed by atoms with E-state index >= 15 is 0 Å². The molecular weight excluding hydrogens is 521 g/mol. The van der Waals surface area contributed by atoms with Crippen LogP contribution < -0.4 is 15.6 Å². The lowest BCUT2D eigenvalue weighted by molar-refractivity contribution is -0.130. The molecule has 9 heteroatoms.